The summed E-state index contributed by atoms with van der Waals surface area (Å²) in [6.07, 6.45) is 6.10. The van der Waals surface area contributed by atoms with E-state index in [9.17, 15) is 9.59 Å². The Kier molecular flexibility index (Phi) is 5.68. The molecular formula is C26H30ClNO5. The van der Waals surface area contributed by atoms with E-state index in [1.165, 1.54) is 6.42 Å². The molecule has 1 saturated carbocycles. The maximum atomic E-state index is 13.6. The van der Waals surface area contributed by atoms with E-state index < -0.39 is 5.92 Å². The average Bonchev–Trinajstić information content (AvgIpc) is 3.19. The van der Waals surface area contributed by atoms with Crippen LogP contribution in [0, 0.1) is 5.41 Å². The number of carbonyl (C=O) groups is 2. The summed E-state index contributed by atoms with van der Waals surface area (Å²) < 4.78 is 17.0. The van der Waals surface area contributed by atoms with Crippen molar-refractivity contribution in [2.24, 2.45) is 5.41 Å². The minimum atomic E-state index is -0.608. The number of hydrogen-bond donors (Lipinski definition) is 1. The molecule has 1 N–H and O–H groups in total. The number of benzene rings is 1. The Hall–Kier alpha value is -2.47. The molecule has 1 aromatic rings. The zero-order chi connectivity index (χ0) is 23.3. The first-order valence-corrected chi connectivity index (χ1v) is 12.2. The number of esters is 1. The van der Waals surface area contributed by atoms with Crippen molar-refractivity contribution in [2.75, 3.05) is 6.79 Å². The SMILES string of the molecule is CC1=C(C(=O)OC2CCCCC2)[C@@H](c2cc3c(cc2Cl)OCO3)C2=C(CC(C)(C)CC2=O)N1. The molecule has 33 heavy (non-hydrogen) atoms. The van der Waals surface area contributed by atoms with Gasteiger partial charge in [0.1, 0.15) is 6.10 Å². The number of halogens is 1. The van der Waals surface area contributed by atoms with Crippen molar-refractivity contribution in [3.8, 4) is 11.5 Å². The molecule has 5 rings (SSSR count). The van der Waals surface area contributed by atoms with E-state index >= 15 is 0 Å². The Balaban J connectivity index is 1.60. The second kappa shape index (κ2) is 8.39. The molecule has 2 aliphatic carbocycles. The number of carbonyl (C=O) groups excluding carboxylic acids is 2. The van der Waals surface area contributed by atoms with Crippen LogP contribution in [0.25, 0.3) is 0 Å². The van der Waals surface area contributed by atoms with Gasteiger partial charge in [-0.1, -0.05) is 31.9 Å². The van der Waals surface area contributed by atoms with E-state index in [1.807, 2.05) is 6.92 Å². The highest BCUT2D eigenvalue weighted by Gasteiger charge is 2.44. The first-order valence-electron chi connectivity index (χ1n) is 11.8. The number of dihydropyridines is 1. The second-order valence-corrected chi connectivity index (χ2v) is 10.7. The van der Waals surface area contributed by atoms with Gasteiger partial charge < -0.3 is 19.5 Å². The van der Waals surface area contributed by atoms with E-state index in [4.69, 9.17) is 25.8 Å². The monoisotopic (exact) mass is 471 g/mol. The molecule has 1 atom stereocenters. The normalized spacial score (nSPS) is 24.5. The molecule has 0 amide bonds. The summed E-state index contributed by atoms with van der Waals surface area (Å²) in [6.45, 7) is 6.17. The van der Waals surface area contributed by atoms with Gasteiger partial charge in [-0.05, 0) is 56.1 Å². The van der Waals surface area contributed by atoms with E-state index in [-0.39, 0.29) is 30.1 Å². The van der Waals surface area contributed by atoms with Crippen LogP contribution in [-0.2, 0) is 14.3 Å². The number of ether oxygens (including phenoxy) is 3. The number of fused-ring (bicyclic) bond motifs is 1. The molecule has 1 fully saturated rings. The Morgan fingerprint density at radius 1 is 1.12 bits per heavy atom. The highest BCUT2D eigenvalue weighted by molar-refractivity contribution is 6.32. The van der Waals surface area contributed by atoms with Crippen LogP contribution in [0.4, 0.5) is 0 Å². The molecule has 0 saturated heterocycles. The maximum absolute atomic E-state index is 13.6. The minimum Gasteiger partial charge on any atom is -0.459 e. The lowest BCUT2D eigenvalue weighted by Crippen LogP contribution is -2.39. The van der Waals surface area contributed by atoms with Gasteiger partial charge in [-0.15, -0.1) is 0 Å². The van der Waals surface area contributed by atoms with Crippen LogP contribution in [0.15, 0.2) is 34.7 Å². The molecular weight excluding hydrogens is 442 g/mol. The highest BCUT2D eigenvalue weighted by atomic mass is 35.5. The maximum Gasteiger partial charge on any atom is 0.337 e. The van der Waals surface area contributed by atoms with Gasteiger partial charge in [0, 0.05) is 40.4 Å². The fraction of sp³-hybridized carbons (Fsp3) is 0.538. The van der Waals surface area contributed by atoms with Gasteiger partial charge in [-0.2, -0.15) is 0 Å². The molecule has 1 aromatic carbocycles. The Morgan fingerprint density at radius 2 is 1.82 bits per heavy atom. The summed E-state index contributed by atoms with van der Waals surface area (Å²) >= 11 is 6.72. The summed E-state index contributed by atoms with van der Waals surface area (Å²) in [5.41, 5.74) is 3.13. The van der Waals surface area contributed by atoms with Crippen LogP contribution in [0.5, 0.6) is 11.5 Å². The average molecular weight is 472 g/mol. The molecule has 2 heterocycles. The Bertz CT molecular complexity index is 1080. The van der Waals surface area contributed by atoms with Crippen molar-refractivity contribution < 1.29 is 23.8 Å². The van der Waals surface area contributed by atoms with Crippen LogP contribution in [-0.4, -0.2) is 24.6 Å². The fourth-order valence-electron chi connectivity index (χ4n) is 5.57. The molecule has 176 valence electrons. The van der Waals surface area contributed by atoms with Crippen molar-refractivity contribution in [1.82, 2.24) is 5.32 Å². The van der Waals surface area contributed by atoms with E-state index in [1.54, 1.807) is 12.1 Å². The lowest BCUT2D eigenvalue weighted by Gasteiger charge is -2.40. The molecule has 6 nitrogen and oxygen atoms in total. The third-order valence-corrected chi connectivity index (χ3v) is 7.42. The summed E-state index contributed by atoms with van der Waals surface area (Å²) in [5, 5.41) is 3.82. The molecule has 0 spiro atoms. The quantitative estimate of drug-likeness (QED) is 0.583. The number of ketones is 1. The number of nitrogens with one attached hydrogen (secondary N) is 1. The summed E-state index contributed by atoms with van der Waals surface area (Å²) in [5.74, 6) is 0.173. The minimum absolute atomic E-state index is 0.0305. The molecule has 7 heteroatoms. The van der Waals surface area contributed by atoms with Crippen LogP contribution >= 0.6 is 11.6 Å². The first-order chi connectivity index (χ1) is 15.7. The van der Waals surface area contributed by atoms with Crippen LogP contribution in [0.2, 0.25) is 5.02 Å². The van der Waals surface area contributed by atoms with Crippen molar-refractivity contribution in [3.63, 3.8) is 0 Å². The van der Waals surface area contributed by atoms with Gasteiger partial charge in [0.05, 0.1) is 5.57 Å². The number of hydrogen-bond acceptors (Lipinski definition) is 6. The van der Waals surface area contributed by atoms with Crippen LogP contribution < -0.4 is 14.8 Å². The van der Waals surface area contributed by atoms with E-state index in [0.29, 0.717) is 45.3 Å². The standard InChI is InChI=1S/C26H30ClNO5/c1-14-22(25(30)33-15-7-5-4-6-8-15)23(16-9-20-21(10-17(16)27)32-13-31-20)24-18(28-14)11-26(2,3)12-19(24)29/h9-10,15,23,28H,4-8,11-13H2,1-3H3/t23-/m1/s1. The summed E-state index contributed by atoms with van der Waals surface area (Å²) in [4.78, 5) is 27.0. The predicted octanol–water partition coefficient (Wildman–Crippen LogP) is 5.55. The largest absolute Gasteiger partial charge is 0.459 e. The zero-order valence-electron chi connectivity index (χ0n) is 19.4. The Morgan fingerprint density at radius 3 is 2.55 bits per heavy atom. The first kappa shape index (κ1) is 22.3. The van der Waals surface area contributed by atoms with Crippen molar-refractivity contribution in [3.05, 3.63) is 45.3 Å². The van der Waals surface area contributed by atoms with Crippen molar-refractivity contribution >= 4 is 23.4 Å². The lowest BCUT2D eigenvalue weighted by molar-refractivity contribution is -0.146. The van der Waals surface area contributed by atoms with Crippen molar-refractivity contribution in [1.29, 1.82) is 0 Å². The van der Waals surface area contributed by atoms with Gasteiger partial charge in [-0.25, -0.2) is 4.79 Å². The predicted molar refractivity (Wildman–Crippen MR) is 124 cm³/mol. The van der Waals surface area contributed by atoms with Crippen molar-refractivity contribution in [2.45, 2.75) is 77.7 Å². The molecule has 0 radical (unpaired) electrons. The van der Waals surface area contributed by atoms with Crippen LogP contribution in [0.3, 0.4) is 0 Å². The van der Waals surface area contributed by atoms with Crippen LogP contribution in [0.1, 0.15) is 77.2 Å². The van der Waals surface area contributed by atoms with E-state index in [0.717, 1.165) is 37.8 Å². The molecule has 0 unspecified atom stereocenters. The number of allylic oxidation sites excluding steroid dienone is 3. The second-order valence-electron chi connectivity index (χ2n) is 10.3. The molecule has 2 aliphatic heterocycles. The zero-order valence-corrected chi connectivity index (χ0v) is 20.1. The smallest absolute Gasteiger partial charge is 0.337 e. The van der Waals surface area contributed by atoms with Gasteiger partial charge in [-0.3, -0.25) is 4.79 Å². The fourth-order valence-corrected chi connectivity index (χ4v) is 5.83. The highest BCUT2D eigenvalue weighted by Crippen LogP contribution is 2.50. The molecule has 0 aromatic heterocycles. The summed E-state index contributed by atoms with van der Waals surface area (Å²) in [7, 11) is 0. The topological polar surface area (TPSA) is 73.9 Å². The van der Waals surface area contributed by atoms with Gasteiger partial charge in [0.25, 0.3) is 0 Å². The Labute approximate surface area is 199 Å². The molecule has 4 aliphatic rings. The number of Topliss-reactive ketones (excluding diaryl/α,β-unsaturated/α-hetero) is 1. The third kappa shape index (κ3) is 4.14. The van der Waals surface area contributed by atoms with Gasteiger partial charge >= 0.3 is 5.97 Å². The summed E-state index contributed by atoms with van der Waals surface area (Å²) in [6, 6.07) is 3.51. The van der Waals surface area contributed by atoms with Gasteiger partial charge in [0.15, 0.2) is 17.3 Å². The van der Waals surface area contributed by atoms with Gasteiger partial charge in [0.2, 0.25) is 6.79 Å². The van der Waals surface area contributed by atoms with E-state index in [2.05, 4.69) is 19.2 Å². The number of rotatable bonds is 3. The molecule has 0 bridgehead atoms. The lowest BCUT2D eigenvalue weighted by atomic mass is 9.68. The third-order valence-electron chi connectivity index (χ3n) is 7.09.